The van der Waals surface area contributed by atoms with Crippen molar-refractivity contribution in [3.05, 3.63) is 47.8 Å². The molecule has 0 saturated heterocycles. The van der Waals surface area contributed by atoms with Crippen molar-refractivity contribution < 1.29 is 23.8 Å². The Bertz CT molecular complexity index is 459. The molecule has 0 aliphatic rings. The van der Waals surface area contributed by atoms with E-state index in [2.05, 4.69) is 5.32 Å². The van der Waals surface area contributed by atoms with E-state index in [1.54, 1.807) is 12.1 Å². The number of carboxylic acid groups (broad SMARTS) is 1. The smallest absolute Gasteiger partial charge is 0.407 e. The zero-order valence-electron chi connectivity index (χ0n) is 10.1. The second kappa shape index (κ2) is 7.86. The fourth-order valence-corrected chi connectivity index (χ4v) is 1.20. The van der Waals surface area contributed by atoms with Crippen LogP contribution in [0.3, 0.4) is 0 Å². The highest BCUT2D eigenvalue weighted by Crippen LogP contribution is 2.01. The number of amides is 1. The summed E-state index contributed by atoms with van der Waals surface area (Å²) in [6.07, 6.45) is -0.297. The fraction of sp³-hybridized carbons (Fsp3) is 0.231. The van der Waals surface area contributed by atoms with Crippen LogP contribution in [-0.4, -0.2) is 23.7 Å². The second-order valence-electron chi connectivity index (χ2n) is 3.66. The molecule has 1 amide bonds. The Balaban J connectivity index is 2.25. The Labute approximate surface area is 109 Å². The van der Waals surface area contributed by atoms with Gasteiger partial charge in [-0.3, -0.25) is 4.79 Å². The maximum atomic E-state index is 13.0. The lowest BCUT2D eigenvalue weighted by atomic mass is 10.2. The number of nitrogens with one attached hydrogen (secondary N) is 1. The summed E-state index contributed by atoms with van der Waals surface area (Å²) in [6, 6.07) is 9.04. The third kappa shape index (κ3) is 6.82. The van der Waals surface area contributed by atoms with Gasteiger partial charge in [-0.05, 0) is 11.6 Å². The molecule has 0 saturated carbocycles. The Morgan fingerprint density at radius 1 is 1.32 bits per heavy atom. The quantitative estimate of drug-likeness (QED) is 0.828. The van der Waals surface area contributed by atoms with Crippen LogP contribution < -0.4 is 5.32 Å². The van der Waals surface area contributed by atoms with E-state index in [0.717, 1.165) is 11.6 Å². The van der Waals surface area contributed by atoms with Crippen LogP contribution in [-0.2, 0) is 16.1 Å². The van der Waals surface area contributed by atoms with Gasteiger partial charge in [-0.15, -0.1) is 0 Å². The molecule has 1 rings (SSSR count). The largest absolute Gasteiger partial charge is 0.481 e. The molecule has 19 heavy (non-hydrogen) atoms. The van der Waals surface area contributed by atoms with Crippen LogP contribution in [0.25, 0.3) is 0 Å². The average Bonchev–Trinajstić information content (AvgIpc) is 2.41. The SMILES string of the molecule is O=C(O)C/C=C(\F)CNC(=O)OCc1ccccc1. The fourth-order valence-electron chi connectivity index (χ4n) is 1.20. The van der Waals surface area contributed by atoms with E-state index < -0.39 is 24.3 Å². The molecule has 0 radical (unpaired) electrons. The zero-order valence-corrected chi connectivity index (χ0v) is 10.1. The highest BCUT2D eigenvalue weighted by Gasteiger charge is 2.04. The molecular weight excluding hydrogens is 253 g/mol. The maximum Gasteiger partial charge on any atom is 0.407 e. The monoisotopic (exact) mass is 267 g/mol. The van der Waals surface area contributed by atoms with E-state index in [1.807, 2.05) is 18.2 Å². The Morgan fingerprint density at radius 3 is 2.63 bits per heavy atom. The Morgan fingerprint density at radius 2 is 2.00 bits per heavy atom. The molecule has 0 atom stereocenters. The predicted octanol–water partition coefficient (Wildman–Crippen LogP) is 2.24. The predicted molar refractivity (Wildman–Crippen MR) is 66.1 cm³/mol. The molecule has 0 aromatic heterocycles. The lowest BCUT2D eigenvalue weighted by Gasteiger charge is -2.06. The van der Waals surface area contributed by atoms with Crippen LogP contribution in [0.1, 0.15) is 12.0 Å². The van der Waals surface area contributed by atoms with Crippen molar-refractivity contribution in [2.24, 2.45) is 0 Å². The minimum absolute atomic E-state index is 0.0904. The number of rotatable bonds is 6. The summed E-state index contributed by atoms with van der Waals surface area (Å²) in [5.41, 5.74) is 0.819. The van der Waals surface area contributed by atoms with Crippen molar-refractivity contribution in [2.75, 3.05) is 6.54 Å². The summed E-state index contributed by atoms with van der Waals surface area (Å²) in [7, 11) is 0. The van der Waals surface area contributed by atoms with Gasteiger partial charge in [0.1, 0.15) is 12.4 Å². The van der Waals surface area contributed by atoms with Crippen molar-refractivity contribution in [1.82, 2.24) is 5.32 Å². The Kier molecular flexibility index (Phi) is 6.08. The summed E-state index contributed by atoms with van der Waals surface area (Å²) in [4.78, 5) is 21.4. The van der Waals surface area contributed by atoms with Crippen LogP contribution in [0.15, 0.2) is 42.2 Å². The van der Waals surface area contributed by atoms with Crippen molar-refractivity contribution >= 4 is 12.1 Å². The minimum Gasteiger partial charge on any atom is -0.481 e. The molecule has 0 fully saturated rings. The van der Waals surface area contributed by atoms with E-state index >= 15 is 0 Å². The van der Waals surface area contributed by atoms with Gasteiger partial charge in [0.05, 0.1) is 13.0 Å². The average molecular weight is 267 g/mol. The van der Waals surface area contributed by atoms with Crippen LogP contribution in [0, 0.1) is 0 Å². The number of aliphatic carboxylic acids is 1. The molecular formula is C13H14FNO4. The molecule has 1 aromatic carbocycles. The van der Waals surface area contributed by atoms with Gasteiger partial charge in [0.25, 0.3) is 0 Å². The first kappa shape index (κ1) is 14.7. The molecule has 0 aliphatic carbocycles. The molecule has 0 heterocycles. The Hall–Kier alpha value is -2.37. The summed E-state index contributed by atoms with van der Waals surface area (Å²) in [6.45, 7) is -0.298. The van der Waals surface area contributed by atoms with Crippen molar-refractivity contribution in [3.63, 3.8) is 0 Å². The topological polar surface area (TPSA) is 75.6 Å². The molecule has 102 valence electrons. The number of alkyl carbamates (subject to hydrolysis) is 1. The lowest BCUT2D eigenvalue weighted by Crippen LogP contribution is -2.25. The third-order valence-electron chi connectivity index (χ3n) is 2.11. The highest BCUT2D eigenvalue weighted by atomic mass is 19.1. The van der Waals surface area contributed by atoms with Crippen molar-refractivity contribution in [3.8, 4) is 0 Å². The first-order chi connectivity index (χ1) is 9.08. The van der Waals surface area contributed by atoms with Gasteiger partial charge in [0.15, 0.2) is 0 Å². The number of carbonyl (C=O) groups excluding carboxylic acids is 1. The third-order valence-corrected chi connectivity index (χ3v) is 2.11. The molecule has 0 aliphatic heterocycles. The zero-order chi connectivity index (χ0) is 14.1. The van der Waals surface area contributed by atoms with Crippen LogP contribution >= 0.6 is 0 Å². The van der Waals surface area contributed by atoms with Gasteiger partial charge < -0.3 is 15.2 Å². The van der Waals surface area contributed by atoms with Crippen LogP contribution in [0.5, 0.6) is 0 Å². The van der Waals surface area contributed by atoms with E-state index in [4.69, 9.17) is 9.84 Å². The van der Waals surface area contributed by atoms with E-state index in [9.17, 15) is 14.0 Å². The molecule has 1 aromatic rings. The van der Waals surface area contributed by atoms with Gasteiger partial charge >= 0.3 is 12.1 Å². The standard InChI is InChI=1S/C13H14FNO4/c14-11(6-7-12(16)17)8-15-13(18)19-9-10-4-2-1-3-5-10/h1-6H,7-9H2,(H,15,18)(H,16,17)/b11-6-. The summed E-state index contributed by atoms with van der Waals surface area (Å²) in [5.74, 6) is -1.86. The van der Waals surface area contributed by atoms with Crippen molar-refractivity contribution in [1.29, 1.82) is 0 Å². The number of benzene rings is 1. The number of halogens is 1. The summed E-state index contributed by atoms with van der Waals surface area (Å²) in [5, 5.41) is 10.5. The number of hydrogen-bond donors (Lipinski definition) is 2. The first-order valence-corrected chi connectivity index (χ1v) is 5.59. The maximum absolute atomic E-state index is 13.0. The van der Waals surface area contributed by atoms with Gasteiger partial charge in [0, 0.05) is 0 Å². The van der Waals surface area contributed by atoms with Gasteiger partial charge in [-0.2, -0.15) is 0 Å². The number of hydrogen-bond acceptors (Lipinski definition) is 3. The van der Waals surface area contributed by atoms with Gasteiger partial charge in [-0.1, -0.05) is 30.3 Å². The molecule has 6 heteroatoms. The number of carboxylic acids is 1. The molecule has 5 nitrogen and oxygen atoms in total. The molecule has 2 N–H and O–H groups in total. The first-order valence-electron chi connectivity index (χ1n) is 5.59. The number of carbonyl (C=O) groups is 2. The van der Waals surface area contributed by atoms with Crippen molar-refractivity contribution in [2.45, 2.75) is 13.0 Å². The normalized spacial score (nSPS) is 10.9. The van der Waals surface area contributed by atoms with Gasteiger partial charge in [0.2, 0.25) is 0 Å². The summed E-state index contributed by atoms with van der Waals surface area (Å²) < 4.78 is 17.9. The molecule has 0 spiro atoms. The van der Waals surface area contributed by atoms with E-state index in [1.165, 1.54) is 0 Å². The summed E-state index contributed by atoms with van der Waals surface area (Å²) >= 11 is 0. The van der Waals surface area contributed by atoms with E-state index in [-0.39, 0.29) is 13.2 Å². The van der Waals surface area contributed by atoms with Gasteiger partial charge in [-0.25, -0.2) is 9.18 Å². The lowest BCUT2D eigenvalue weighted by molar-refractivity contribution is -0.136. The van der Waals surface area contributed by atoms with E-state index in [0.29, 0.717) is 0 Å². The molecule has 0 bridgehead atoms. The van der Waals surface area contributed by atoms with Crippen LogP contribution in [0.4, 0.5) is 9.18 Å². The van der Waals surface area contributed by atoms with Crippen LogP contribution in [0.2, 0.25) is 0 Å². The second-order valence-corrected chi connectivity index (χ2v) is 3.66. The number of ether oxygens (including phenoxy) is 1. The highest BCUT2D eigenvalue weighted by molar-refractivity contribution is 5.69. The minimum atomic E-state index is -1.14. The molecule has 0 unspecified atom stereocenters.